The highest BCUT2D eigenvalue weighted by Crippen LogP contribution is 2.40. The van der Waals surface area contributed by atoms with Crippen LogP contribution in [0.25, 0.3) is 89.7 Å². The Kier molecular flexibility index (Phi) is 22.4. The van der Waals surface area contributed by atoms with Gasteiger partial charge in [-0.25, -0.2) is 29.9 Å². The maximum absolute atomic E-state index is 6.75. The largest absolute Gasteiger partial charge is 0.490 e. The first-order chi connectivity index (χ1) is 38.7. The summed E-state index contributed by atoms with van der Waals surface area (Å²) < 4.78 is 13.5. The zero-order valence-corrected chi connectivity index (χ0v) is 47.6. The molecule has 4 aromatic carbocycles. The minimum atomic E-state index is 0.575. The lowest BCUT2D eigenvalue weighted by atomic mass is 10.0. The number of aromatic nitrogens is 8. The van der Waals surface area contributed by atoms with Crippen molar-refractivity contribution >= 4 is 44.1 Å². The first-order valence-corrected chi connectivity index (χ1v) is 31.2. The molecule has 0 radical (unpaired) electrons. The molecule has 2 aliphatic rings. The number of ether oxygens (including phenoxy) is 2. The van der Waals surface area contributed by atoms with Crippen molar-refractivity contribution in [3.63, 3.8) is 0 Å². The Morgan fingerprint density at radius 3 is 0.808 bits per heavy atom. The average Bonchev–Trinajstić information content (AvgIpc) is 4.36. The van der Waals surface area contributed by atoms with Gasteiger partial charge in [-0.05, 0) is 25.0 Å². The quantitative estimate of drug-likeness (QED) is 0.0372. The Morgan fingerprint density at radius 2 is 0.526 bits per heavy atom. The van der Waals surface area contributed by atoms with E-state index in [9.17, 15) is 0 Å². The third kappa shape index (κ3) is 15.8. The lowest BCUT2D eigenvalue weighted by Gasteiger charge is -2.14. The number of hydrogen-bond acceptors (Lipinski definition) is 8. The summed E-state index contributed by atoms with van der Waals surface area (Å²) in [4.78, 5) is 38.4. The molecule has 0 saturated heterocycles. The van der Waals surface area contributed by atoms with Crippen LogP contribution < -0.4 is 9.47 Å². The molecule has 5 heterocycles. The SMILES string of the molecule is CCCCCCCCCCCCCCCCCCOc1cc2c3nc4nc(nc5[nH]c(nc6nc(nc([nH]3)c2cc1OCCCCCCCCCCCCCCCCCC)-c1ccccc1-6)c1ccccc51)-c1ccccc1-4. The van der Waals surface area contributed by atoms with Crippen LogP contribution >= 0.6 is 0 Å². The van der Waals surface area contributed by atoms with E-state index in [1.807, 2.05) is 36.4 Å². The standard InChI is InChI=1S/C68H90N8O2/c1-3-5-7-9-11-13-15-17-19-21-23-25-27-29-31-39-47-77-59-49-57-58(50-60(59)78-48-40-32-30-28-26-24-22-20-18-16-14-12-10-8-6-4-2)68-75-66-56-46-38-36-44-54(56)64(73-66)71-62-52-42-34-33-41-51(52)61(69-62)70-63-53-43-35-37-45-55(53)65(72-63)74-67(57)76-68/h33-38,41-46,49-50H,3-32,39-40,47-48H2,1-2H3,(H2,69,70,71,72,73,74,75,76). The van der Waals surface area contributed by atoms with Crippen LogP contribution in [0.3, 0.4) is 0 Å². The van der Waals surface area contributed by atoms with Gasteiger partial charge in [0.2, 0.25) is 0 Å². The molecule has 0 saturated carbocycles. The van der Waals surface area contributed by atoms with Crippen molar-refractivity contribution in [2.45, 2.75) is 219 Å². The molecule has 414 valence electrons. The second-order valence-electron chi connectivity index (χ2n) is 22.4. The van der Waals surface area contributed by atoms with Crippen molar-refractivity contribution in [1.82, 2.24) is 39.9 Å². The van der Waals surface area contributed by atoms with Gasteiger partial charge in [0, 0.05) is 43.8 Å². The summed E-state index contributed by atoms with van der Waals surface area (Å²) in [6.45, 7) is 5.84. The fraction of sp³-hybridized carbons (Fsp3) is 0.529. The summed E-state index contributed by atoms with van der Waals surface area (Å²) in [5, 5.41) is 3.65. The topological polar surface area (TPSA) is 127 Å². The monoisotopic (exact) mass is 1050 g/mol. The van der Waals surface area contributed by atoms with Gasteiger partial charge in [-0.3, -0.25) is 0 Å². The third-order valence-electron chi connectivity index (χ3n) is 16.1. The average molecular weight is 1050 g/mol. The summed E-state index contributed by atoms with van der Waals surface area (Å²) in [6.07, 6.45) is 42.8. The van der Waals surface area contributed by atoms with Gasteiger partial charge >= 0.3 is 0 Å². The number of unbranched alkanes of at least 4 members (excludes halogenated alkanes) is 30. The van der Waals surface area contributed by atoms with Crippen LogP contribution in [-0.2, 0) is 0 Å². The normalized spacial score (nSPS) is 11.9. The van der Waals surface area contributed by atoms with Crippen LogP contribution in [0.15, 0.2) is 84.9 Å². The van der Waals surface area contributed by atoms with Crippen molar-refractivity contribution in [2.75, 3.05) is 13.2 Å². The van der Waals surface area contributed by atoms with Gasteiger partial charge in [0.15, 0.2) is 34.8 Å². The minimum absolute atomic E-state index is 0.575. The van der Waals surface area contributed by atoms with Gasteiger partial charge in [-0.2, -0.15) is 0 Å². The van der Waals surface area contributed by atoms with E-state index in [1.165, 1.54) is 180 Å². The van der Waals surface area contributed by atoms with Gasteiger partial charge in [-0.15, -0.1) is 0 Å². The van der Waals surface area contributed by atoms with Crippen molar-refractivity contribution in [2.24, 2.45) is 0 Å². The molecule has 0 amide bonds. The highest BCUT2D eigenvalue weighted by molar-refractivity contribution is 6.07. The van der Waals surface area contributed by atoms with Crippen LogP contribution in [0, 0.1) is 0 Å². The van der Waals surface area contributed by atoms with E-state index in [0.29, 0.717) is 59.1 Å². The van der Waals surface area contributed by atoms with Gasteiger partial charge in [0.25, 0.3) is 0 Å². The Hall–Kier alpha value is -6.16. The Balaban J connectivity index is 0.921. The molecule has 0 aliphatic carbocycles. The number of nitrogens with zero attached hydrogens (tertiary/aromatic N) is 6. The molecule has 7 aromatic rings. The molecule has 78 heavy (non-hydrogen) atoms. The van der Waals surface area contributed by atoms with Crippen LogP contribution in [0.2, 0.25) is 0 Å². The Bertz CT molecular complexity index is 2920. The predicted molar refractivity (Wildman–Crippen MR) is 326 cm³/mol. The summed E-state index contributed by atoms with van der Waals surface area (Å²) >= 11 is 0. The van der Waals surface area contributed by atoms with Crippen LogP contribution in [-0.4, -0.2) is 53.1 Å². The number of benzene rings is 4. The number of fused-ring (bicyclic) bond motifs is 20. The summed E-state index contributed by atoms with van der Waals surface area (Å²) in [6, 6.07) is 28.8. The number of H-pyrrole nitrogens is 2. The molecule has 10 nitrogen and oxygen atoms in total. The van der Waals surface area contributed by atoms with E-state index in [2.05, 4.69) is 72.3 Å². The van der Waals surface area contributed by atoms with Crippen molar-refractivity contribution in [3.8, 4) is 57.1 Å². The molecule has 8 bridgehead atoms. The molecule has 0 atom stereocenters. The lowest BCUT2D eigenvalue weighted by molar-refractivity contribution is 0.259. The van der Waals surface area contributed by atoms with Crippen molar-refractivity contribution in [3.05, 3.63) is 84.9 Å². The molecule has 0 spiro atoms. The molecule has 10 heteroatoms. The number of hydrogen-bond donors (Lipinski definition) is 2. The summed E-state index contributed by atoms with van der Waals surface area (Å²) in [5.74, 6) is 3.79. The molecule has 3 aromatic heterocycles. The second-order valence-corrected chi connectivity index (χ2v) is 22.4. The summed E-state index contributed by atoms with van der Waals surface area (Å²) in [7, 11) is 0. The van der Waals surface area contributed by atoms with Crippen LogP contribution in [0.5, 0.6) is 11.5 Å². The van der Waals surface area contributed by atoms with Gasteiger partial charge in [0.1, 0.15) is 22.6 Å². The Morgan fingerprint density at radius 1 is 0.282 bits per heavy atom. The fourth-order valence-electron chi connectivity index (χ4n) is 11.5. The number of rotatable bonds is 36. The fourth-order valence-corrected chi connectivity index (χ4v) is 11.5. The maximum atomic E-state index is 6.75. The third-order valence-corrected chi connectivity index (χ3v) is 16.1. The highest BCUT2D eigenvalue weighted by Gasteiger charge is 2.23. The maximum Gasteiger partial charge on any atom is 0.164 e. The van der Waals surface area contributed by atoms with E-state index in [-0.39, 0.29) is 0 Å². The van der Waals surface area contributed by atoms with Gasteiger partial charge in [-0.1, -0.05) is 279 Å². The molecule has 2 N–H and O–H groups in total. The van der Waals surface area contributed by atoms with Gasteiger partial charge < -0.3 is 19.4 Å². The smallest absolute Gasteiger partial charge is 0.164 e. The Labute approximate surface area is 465 Å². The van der Waals surface area contributed by atoms with E-state index in [1.54, 1.807) is 0 Å². The molecule has 0 fully saturated rings. The van der Waals surface area contributed by atoms with E-state index >= 15 is 0 Å². The predicted octanol–water partition coefficient (Wildman–Crippen LogP) is 20.1. The number of aromatic amines is 2. The second kappa shape index (κ2) is 30.8. The van der Waals surface area contributed by atoms with E-state index in [0.717, 1.165) is 81.0 Å². The lowest BCUT2D eigenvalue weighted by Crippen LogP contribution is -2.03. The zero-order valence-electron chi connectivity index (χ0n) is 47.6. The van der Waals surface area contributed by atoms with Gasteiger partial charge in [0.05, 0.1) is 13.2 Å². The molecule has 0 unspecified atom stereocenters. The first-order valence-electron chi connectivity index (χ1n) is 31.2. The number of nitrogens with one attached hydrogen (secondary N) is 2. The zero-order chi connectivity index (χ0) is 53.4. The minimum Gasteiger partial charge on any atom is -0.490 e. The van der Waals surface area contributed by atoms with E-state index < -0.39 is 0 Å². The molecule has 9 rings (SSSR count). The van der Waals surface area contributed by atoms with Crippen molar-refractivity contribution < 1.29 is 9.47 Å². The van der Waals surface area contributed by atoms with Crippen LogP contribution in [0.1, 0.15) is 219 Å². The van der Waals surface area contributed by atoms with Crippen LogP contribution in [0.4, 0.5) is 0 Å². The first kappa shape index (κ1) is 56.6. The molecule has 2 aliphatic heterocycles. The highest BCUT2D eigenvalue weighted by atomic mass is 16.5. The van der Waals surface area contributed by atoms with Crippen molar-refractivity contribution in [1.29, 1.82) is 0 Å². The molecular weight excluding hydrogens is 961 g/mol. The summed E-state index contributed by atoms with van der Waals surface area (Å²) in [5.41, 5.74) is 6.28. The van der Waals surface area contributed by atoms with E-state index in [4.69, 9.17) is 39.4 Å². The molecular formula is C68H90N8O2.